The maximum Gasteiger partial charge on any atom is 0.315 e. The van der Waals surface area contributed by atoms with E-state index in [4.69, 9.17) is 0 Å². The van der Waals surface area contributed by atoms with Crippen LogP contribution in [0.5, 0.6) is 0 Å². The van der Waals surface area contributed by atoms with Crippen LogP contribution in [0.4, 0.5) is 4.79 Å². The minimum Gasteiger partial charge on any atom is -0.337 e. The first-order valence-electron chi connectivity index (χ1n) is 11.1. The topological polar surface area (TPSA) is 61.4 Å². The van der Waals surface area contributed by atoms with E-state index in [-0.39, 0.29) is 24.0 Å². The summed E-state index contributed by atoms with van der Waals surface area (Å²) in [6.45, 7) is 1.72. The van der Waals surface area contributed by atoms with Gasteiger partial charge in [0, 0.05) is 18.6 Å². The van der Waals surface area contributed by atoms with E-state index in [0.29, 0.717) is 5.92 Å². The first kappa shape index (κ1) is 17.6. The second-order valence-corrected chi connectivity index (χ2v) is 10.0. The molecule has 3 amide bonds. The Hall–Kier alpha value is -1.52. The molecule has 1 atom stereocenters. The van der Waals surface area contributed by atoms with Crippen molar-refractivity contribution in [2.75, 3.05) is 19.6 Å². The number of nitrogens with one attached hydrogen (secondary N) is 2. The molecule has 0 aromatic heterocycles. The Morgan fingerprint density at radius 3 is 2.48 bits per heavy atom. The lowest BCUT2D eigenvalue weighted by Crippen LogP contribution is -2.61. The summed E-state index contributed by atoms with van der Waals surface area (Å²) in [5.41, 5.74) is 1.45. The molecular formula is C22H33N3O2. The van der Waals surface area contributed by atoms with E-state index >= 15 is 0 Å². The van der Waals surface area contributed by atoms with Crippen LogP contribution in [-0.4, -0.2) is 42.0 Å². The monoisotopic (exact) mass is 371 g/mol. The maximum atomic E-state index is 12.6. The van der Waals surface area contributed by atoms with Crippen LogP contribution in [0.3, 0.4) is 0 Å². The molecule has 2 N–H and O–H groups in total. The Balaban J connectivity index is 1.12. The van der Waals surface area contributed by atoms with Gasteiger partial charge in [0.2, 0.25) is 5.91 Å². The summed E-state index contributed by atoms with van der Waals surface area (Å²) in [6, 6.07) is -0.142. The Bertz CT molecular complexity index is 621. The zero-order chi connectivity index (χ0) is 18.4. The quantitative estimate of drug-likeness (QED) is 0.749. The van der Waals surface area contributed by atoms with Gasteiger partial charge in [-0.15, -0.1) is 0 Å². The number of urea groups is 1. The molecule has 6 aliphatic rings. The second-order valence-electron chi connectivity index (χ2n) is 10.0. The predicted molar refractivity (Wildman–Crippen MR) is 104 cm³/mol. The lowest BCUT2D eigenvalue weighted by molar-refractivity contribution is -0.130. The molecular weight excluding hydrogens is 338 g/mol. The van der Waals surface area contributed by atoms with Gasteiger partial charge in [-0.1, -0.05) is 11.6 Å². The summed E-state index contributed by atoms with van der Waals surface area (Å²) in [7, 11) is 0. The minimum atomic E-state index is -0.142. The largest absolute Gasteiger partial charge is 0.337 e. The van der Waals surface area contributed by atoms with Gasteiger partial charge in [-0.3, -0.25) is 4.79 Å². The van der Waals surface area contributed by atoms with Gasteiger partial charge in [-0.05, 0) is 87.9 Å². The summed E-state index contributed by atoms with van der Waals surface area (Å²) < 4.78 is 0. The SMILES string of the molecule is O=C(NCC(=O)N1CCC2CCCC=C2C1)NC12CC3CC(CC(C3)C1)C2. The number of likely N-dealkylation sites (tertiary alicyclic amines) is 1. The number of amides is 3. The van der Waals surface area contributed by atoms with E-state index < -0.39 is 0 Å². The minimum absolute atomic E-state index is 0.00708. The summed E-state index contributed by atoms with van der Waals surface area (Å²) in [4.78, 5) is 27.1. The van der Waals surface area contributed by atoms with Crippen molar-refractivity contribution in [3.05, 3.63) is 11.6 Å². The third-order valence-electron chi connectivity index (χ3n) is 7.98. The third kappa shape index (κ3) is 3.50. The number of piperidine rings is 1. The zero-order valence-electron chi connectivity index (χ0n) is 16.3. The van der Waals surface area contributed by atoms with E-state index in [2.05, 4.69) is 16.7 Å². The number of carbonyl (C=O) groups is 2. The van der Waals surface area contributed by atoms with Gasteiger partial charge in [0.1, 0.15) is 0 Å². The van der Waals surface area contributed by atoms with Gasteiger partial charge >= 0.3 is 6.03 Å². The highest BCUT2D eigenvalue weighted by Gasteiger charge is 2.51. The molecule has 4 saturated carbocycles. The number of carbonyl (C=O) groups excluding carboxylic acids is 2. The van der Waals surface area contributed by atoms with Crippen molar-refractivity contribution in [3.8, 4) is 0 Å². The predicted octanol–water partition coefficient (Wildman–Crippen LogP) is 3.21. The van der Waals surface area contributed by atoms with E-state index in [9.17, 15) is 9.59 Å². The standard InChI is InChI=1S/C22H33N3O2/c26-20(25-6-5-18-3-1-2-4-19(18)14-25)13-23-21(27)24-22-10-15-7-16(11-22)9-17(8-15)12-22/h4,15-18H,1-3,5-14H2,(H2,23,24,27). The van der Waals surface area contributed by atoms with Crippen LogP contribution in [-0.2, 0) is 4.79 Å². The molecule has 148 valence electrons. The normalized spacial score (nSPS) is 39.6. The van der Waals surface area contributed by atoms with E-state index in [1.165, 1.54) is 37.7 Å². The van der Waals surface area contributed by atoms with Crippen molar-refractivity contribution in [2.45, 2.75) is 69.7 Å². The number of hydrogen-bond acceptors (Lipinski definition) is 2. The summed E-state index contributed by atoms with van der Waals surface area (Å²) >= 11 is 0. The summed E-state index contributed by atoms with van der Waals surface area (Å²) in [5.74, 6) is 3.17. The average Bonchev–Trinajstić information content (AvgIpc) is 2.64. The highest BCUT2D eigenvalue weighted by atomic mass is 16.2. The fourth-order valence-electron chi connectivity index (χ4n) is 7.17. The number of hydrogen-bond donors (Lipinski definition) is 2. The Morgan fingerprint density at radius 2 is 1.78 bits per heavy atom. The molecule has 5 nitrogen and oxygen atoms in total. The molecule has 1 aliphatic heterocycles. The van der Waals surface area contributed by atoms with Crippen LogP contribution in [0.2, 0.25) is 0 Å². The fourth-order valence-corrected chi connectivity index (χ4v) is 7.17. The van der Waals surface area contributed by atoms with Crippen LogP contribution >= 0.6 is 0 Å². The summed E-state index contributed by atoms with van der Waals surface area (Å²) in [5, 5.41) is 6.16. The Morgan fingerprint density at radius 1 is 1.07 bits per heavy atom. The van der Waals surface area contributed by atoms with Gasteiger partial charge in [-0.25, -0.2) is 4.79 Å². The second kappa shape index (κ2) is 6.82. The van der Waals surface area contributed by atoms with Crippen LogP contribution in [0, 0.1) is 23.7 Å². The van der Waals surface area contributed by atoms with Crippen molar-refractivity contribution in [1.29, 1.82) is 0 Å². The van der Waals surface area contributed by atoms with Crippen LogP contribution in [0.15, 0.2) is 11.6 Å². The van der Waals surface area contributed by atoms with Crippen LogP contribution in [0.25, 0.3) is 0 Å². The van der Waals surface area contributed by atoms with Gasteiger partial charge in [-0.2, -0.15) is 0 Å². The summed E-state index contributed by atoms with van der Waals surface area (Å²) in [6.07, 6.45) is 14.7. The van der Waals surface area contributed by atoms with Crippen LogP contribution < -0.4 is 10.6 Å². The molecule has 0 aromatic carbocycles. The van der Waals surface area contributed by atoms with Crippen molar-refractivity contribution < 1.29 is 9.59 Å². The van der Waals surface area contributed by atoms with E-state index in [0.717, 1.165) is 62.9 Å². The molecule has 5 heteroatoms. The zero-order valence-corrected chi connectivity index (χ0v) is 16.3. The Labute approximate surface area is 162 Å². The highest BCUT2D eigenvalue weighted by molar-refractivity contribution is 5.84. The lowest BCUT2D eigenvalue weighted by Gasteiger charge is -2.56. The molecule has 5 fully saturated rings. The first-order valence-corrected chi connectivity index (χ1v) is 11.1. The maximum absolute atomic E-state index is 12.6. The molecule has 0 spiro atoms. The third-order valence-corrected chi connectivity index (χ3v) is 7.98. The molecule has 4 bridgehead atoms. The first-order chi connectivity index (χ1) is 13.1. The lowest BCUT2D eigenvalue weighted by atomic mass is 9.53. The van der Waals surface area contributed by atoms with Gasteiger partial charge < -0.3 is 15.5 Å². The van der Waals surface area contributed by atoms with Crippen molar-refractivity contribution in [2.24, 2.45) is 23.7 Å². The molecule has 0 radical (unpaired) electrons. The van der Waals surface area contributed by atoms with Gasteiger partial charge in [0.15, 0.2) is 0 Å². The van der Waals surface area contributed by atoms with Crippen molar-refractivity contribution in [1.82, 2.24) is 15.5 Å². The molecule has 6 rings (SSSR count). The average molecular weight is 372 g/mol. The highest BCUT2D eigenvalue weighted by Crippen LogP contribution is 2.55. The van der Waals surface area contributed by atoms with E-state index in [1.54, 1.807) is 0 Å². The molecule has 1 unspecified atom stereocenters. The van der Waals surface area contributed by atoms with Crippen molar-refractivity contribution >= 4 is 11.9 Å². The molecule has 27 heavy (non-hydrogen) atoms. The van der Waals surface area contributed by atoms with E-state index in [1.807, 2.05) is 4.90 Å². The van der Waals surface area contributed by atoms with Gasteiger partial charge in [0.05, 0.1) is 6.54 Å². The molecule has 5 aliphatic carbocycles. The number of fused-ring (bicyclic) bond motifs is 1. The number of nitrogens with zero attached hydrogens (tertiary/aromatic N) is 1. The molecule has 1 saturated heterocycles. The fraction of sp³-hybridized carbons (Fsp3) is 0.818. The number of allylic oxidation sites excluding steroid dienone is 1. The smallest absolute Gasteiger partial charge is 0.315 e. The number of rotatable bonds is 3. The molecule has 0 aromatic rings. The van der Waals surface area contributed by atoms with Crippen molar-refractivity contribution in [3.63, 3.8) is 0 Å². The molecule has 1 heterocycles. The van der Waals surface area contributed by atoms with Crippen LogP contribution in [0.1, 0.15) is 64.2 Å². The van der Waals surface area contributed by atoms with Gasteiger partial charge in [0.25, 0.3) is 0 Å². The Kier molecular flexibility index (Phi) is 4.44.